The Kier molecular flexibility index (Phi) is 65.2. The summed E-state index contributed by atoms with van der Waals surface area (Å²) in [6, 6.07) is 0. The zero-order valence-electron chi connectivity index (χ0n) is 53.1. The number of unbranched alkanes of at least 4 members (excludes halogenated alkanes) is 38. The average molecular weight is 1120 g/mol. The highest BCUT2D eigenvalue weighted by Crippen LogP contribution is 2.16. The molecule has 0 heterocycles. The number of esters is 3. The van der Waals surface area contributed by atoms with Crippen LogP contribution in [0, 0.1) is 0 Å². The molecule has 1 atom stereocenters. The Morgan fingerprint density at radius 1 is 0.250 bits per heavy atom. The van der Waals surface area contributed by atoms with Crippen LogP contribution in [0.3, 0.4) is 0 Å². The van der Waals surface area contributed by atoms with E-state index in [1.807, 2.05) is 0 Å². The van der Waals surface area contributed by atoms with E-state index in [1.54, 1.807) is 0 Å². The summed E-state index contributed by atoms with van der Waals surface area (Å²) in [4.78, 5) is 38.4. The van der Waals surface area contributed by atoms with Gasteiger partial charge in [0.25, 0.3) is 0 Å². The highest BCUT2D eigenvalue weighted by atomic mass is 16.6. The third-order valence-corrected chi connectivity index (χ3v) is 15.1. The van der Waals surface area contributed by atoms with E-state index in [-0.39, 0.29) is 31.1 Å². The zero-order valence-corrected chi connectivity index (χ0v) is 53.1. The maximum atomic E-state index is 12.9. The normalized spacial score (nSPS) is 12.6. The maximum Gasteiger partial charge on any atom is 0.306 e. The predicted molar refractivity (Wildman–Crippen MR) is 348 cm³/mol. The van der Waals surface area contributed by atoms with Crippen LogP contribution in [0.5, 0.6) is 0 Å². The minimum Gasteiger partial charge on any atom is -0.462 e. The van der Waals surface area contributed by atoms with Gasteiger partial charge >= 0.3 is 17.9 Å². The van der Waals surface area contributed by atoms with E-state index in [9.17, 15) is 14.4 Å². The van der Waals surface area contributed by atoms with E-state index < -0.39 is 6.10 Å². The zero-order chi connectivity index (χ0) is 57.8. The van der Waals surface area contributed by atoms with Crippen LogP contribution >= 0.6 is 0 Å². The fourth-order valence-electron chi connectivity index (χ4n) is 9.87. The summed E-state index contributed by atoms with van der Waals surface area (Å²) in [5, 5.41) is 0. The molecule has 0 N–H and O–H groups in total. The molecule has 6 heteroatoms. The van der Waals surface area contributed by atoms with Gasteiger partial charge in [0.15, 0.2) is 6.10 Å². The first-order valence-corrected chi connectivity index (χ1v) is 34.6. The molecule has 0 aliphatic heterocycles. The maximum absolute atomic E-state index is 12.9. The van der Waals surface area contributed by atoms with Gasteiger partial charge in [-0.1, -0.05) is 292 Å². The third kappa shape index (κ3) is 65.4. The van der Waals surface area contributed by atoms with Crippen LogP contribution in [0.1, 0.15) is 348 Å². The van der Waals surface area contributed by atoms with Gasteiger partial charge in [0, 0.05) is 19.3 Å². The number of hydrogen-bond donors (Lipinski definition) is 0. The topological polar surface area (TPSA) is 78.9 Å². The van der Waals surface area contributed by atoms with Crippen LogP contribution in [0.25, 0.3) is 0 Å². The minimum absolute atomic E-state index is 0.0814. The quantitative estimate of drug-likeness (QED) is 0.0261. The largest absolute Gasteiger partial charge is 0.462 e. The van der Waals surface area contributed by atoms with Crippen LogP contribution in [0.15, 0.2) is 85.1 Å². The molecule has 0 bridgehead atoms. The van der Waals surface area contributed by atoms with Crippen LogP contribution in [-0.2, 0) is 28.6 Å². The minimum atomic E-state index is -0.785. The molecule has 0 radical (unpaired) electrons. The summed E-state index contributed by atoms with van der Waals surface area (Å²) in [6.07, 6.45) is 90.3. The molecule has 6 nitrogen and oxygen atoms in total. The first kappa shape index (κ1) is 76.6. The monoisotopic (exact) mass is 1110 g/mol. The Bertz CT molecular complexity index is 1520. The van der Waals surface area contributed by atoms with E-state index in [2.05, 4.69) is 106 Å². The van der Waals surface area contributed by atoms with E-state index in [4.69, 9.17) is 14.2 Å². The van der Waals surface area contributed by atoms with Gasteiger partial charge in [-0.2, -0.15) is 0 Å². The molecule has 0 aromatic carbocycles. The molecule has 0 aliphatic rings. The number of carbonyl (C=O) groups excluding carboxylic acids is 3. The average Bonchev–Trinajstić information content (AvgIpc) is 3.46. The molecule has 0 amide bonds. The second-order valence-corrected chi connectivity index (χ2v) is 23.1. The molecule has 1 unspecified atom stereocenters. The molecule has 0 saturated carbocycles. The van der Waals surface area contributed by atoms with Gasteiger partial charge in [-0.05, 0) is 122 Å². The summed E-state index contributed by atoms with van der Waals surface area (Å²) in [5.74, 6) is -0.884. The lowest BCUT2D eigenvalue weighted by molar-refractivity contribution is -0.167. The number of carbonyl (C=O) groups is 3. The lowest BCUT2D eigenvalue weighted by Gasteiger charge is -2.18. The van der Waals surface area contributed by atoms with E-state index >= 15 is 0 Å². The van der Waals surface area contributed by atoms with Crippen molar-refractivity contribution in [1.82, 2.24) is 0 Å². The summed E-state index contributed by atoms with van der Waals surface area (Å²) >= 11 is 0. The van der Waals surface area contributed by atoms with E-state index in [0.29, 0.717) is 19.3 Å². The van der Waals surface area contributed by atoms with E-state index in [0.717, 1.165) is 89.9 Å². The Labute approximate surface area is 496 Å². The van der Waals surface area contributed by atoms with Crippen LogP contribution in [0.2, 0.25) is 0 Å². The predicted octanol–water partition coefficient (Wildman–Crippen LogP) is 23.8. The Morgan fingerprint density at radius 3 is 0.738 bits per heavy atom. The van der Waals surface area contributed by atoms with Crippen molar-refractivity contribution in [1.29, 1.82) is 0 Å². The van der Waals surface area contributed by atoms with Crippen LogP contribution < -0.4 is 0 Å². The first-order valence-electron chi connectivity index (χ1n) is 34.6. The van der Waals surface area contributed by atoms with Gasteiger partial charge in [0.05, 0.1) is 0 Å². The Hall–Kier alpha value is -3.41. The lowest BCUT2D eigenvalue weighted by Crippen LogP contribution is -2.30. The fourth-order valence-corrected chi connectivity index (χ4v) is 9.87. The van der Waals surface area contributed by atoms with Crippen LogP contribution in [0.4, 0.5) is 0 Å². The SMILES string of the molecule is CCCCC/C=C\CCCCCCCC(=O)OCC(COC(=O)CCCCCCCCCCCC/C=C\C/C=C\C/C=C\CCCCCCC)OC(=O)CCCCCCCCCCCC/C=C\C/C=C\C/C=C\CCCCCCC. The standard InChI is InChI=1S/C74H130O6/c1-4-7-10-13-16-19-22-25-27-29-31-33-35-37-39-41-43-45-47-49-52-55-58-61-64-67-73(76)79-70-71(69-78-72(75)66-63-60-57-54-51-24-21-18-15-12-9-6-3)80-74(77)68-65-62-59-56-53-50-48-46-44-42-40-38-36-34-32-30-28-26-23-20-17-14-11-8-5-2/h18,21-23,25-26,29-32,35-38,71H,4-17,19-20,24,27-28,33-34,39-70H2,1-3H3/b21-18-,25-22-,26-23-,31-29-,32-30-,37-35-,38-36-. The third-order valence-electron chi connectivity index (χ3n) is 15.1. The molecule has 0 spiro atoms. The number of ether oxygens (including phenoxy) is 3. The van der Waals surface area contributed by atoms with Gasteiger partial charge < -0.3 is 14.2 Å². The van der Waals surface area contributed by atoms with Gasteiger partial charge in [-0.3, -0.25) is 14.4 Å². The van der Waals surface area contributed by atoms with E-state index in [1.165, 1.54) is 218 Å². The molecule has 0 aliphatic carbocycles. The van der Waals surface area contributed by atoms with Gasteiger partial charge in [-0.25, -0.2) is 0 Å². The summed E-state index contributed by atoms with van der Waals surface area (Å²) in [5.41, 5.74) is 0. The first-order chi connectivity index (χ1) is 39.5. The smallest absolute Gasteiger partial charge is 0.306 e. The van der Waals surface area contributed by atoms with Gasteiger partial charge in [-0.15, -0.1) is 0 Å². The number of allylic oxidation sites excluding steroid dienone is 14. The molecule has 0 rings (SSSR count). The highest BCUT2D eigenvalue weighted by Gasteiger charge is 2.19. The molecule has 0 aromatic rings. The summed E-state index contributed by atoms with van der Waals surface area (Å²) < 4.78 is 17.0. The number of hydrogen-bond acceptors (Lipinski definition) is 6. The molecule has 80 heavy (non-hydrogen) atoms. The van der Waals surface area contributed by atoms with Crippen molar-refractivity contribution in [2.45, 2.75) is 354 Å². The molecular formula is C74H130O6. The fraction of sp³-hybridized carbons (Fsp3) is 0.770. The molecular weight excluding hydrogens is 985 g/mol. The second-order valence-electron chi connectivity index (χ2n) is 23.1. The molecule has 0 aromatic heterocycles. The Balaban J connectivity index is 4.29. The second kappa shape index (κ2) is 68.1. The molecule has 462 valence electrons. The van der Waals surface area contributed by atoms with Gasteiger partial charge in [0.1, 0.15) is 13.2 Å². The van der Waals surface area contributed by atoms with Crippen LogP contribution in [-0.4, -0.2) is 37.2 Å². The number of rotatable bonds is 63. The van der Waals surface area contributed by atoms with Crippen molar-refractivity contribution in [3.63, 3.8) is 0 Å². The van der Waals surface area contributed by atoms with Crippen molar-refractivity contribution in [2.75, 3.05) is 13.2 Å². The van der Waals surface area contributed by atoms with Crippen molar-refractivity contribution < 1.29 is 28.6 Å². The van der Waals surface area contributed by atoms with Crippen molar-refractivity contribution in [2.24, 2.45) is 0 Å². The van der Waals surface area contributed by atoms with Crippen molar-refractivity contribution in [3.05, 3.63) is 85.1 Å². The highest BCUT2D eigenvalue weighted by molar-refractivity contribution is 5.71. The Morgan fingerprint density at radius 2 is 0.450 bits per heavy atom. The molecule has 0 fully saturated rings. The molecule has 0 saturated heterocycles. The van der Waals surface area contributed by atoms with Gasteiger partial charge in [0.2, 0.25) is 0 Å². The van der Waals surface area contributed by atoms with Crippen molar-refractivity contribution >= 4 is 17.9 Å². The summed E-state index contributed by atoms with van der Waals surface area (Å²) in [7, 11) is 0. The van der Waals surface area contributed by atoms with Crippen molar-refractivity contribution in [3.8, 4) is 0 Å². The summed E-state index contributed by atoms with van der Waals surface area (Å²) in [6.45, 7) is 6.62. The lowest BCUT2D eigenvalue weighted by atomic mass is 10.0.